The summed E-state index contributed by atoms with van der Waals surface area (Å²) in [5, 5.41) is 1.78. The van der Waals surface area contributed by atoms with Crippen LogP contribution in [0.5, 0.6) is 0 Å². The number of H-pyrrole nitrogens is 1. The van der Waals surface area contributed by atoms with Crippen LogP contribution in [0.1, 0.15) is 49.9 Å². The average Bonchev–Trinajstić information content (AvgIpc) is 3.17. The maximum absolute atomic E-state index is 13.9. The van der Waals surface area contributed by atoms with Crippen molar-refractivity contribution >= 4 is 34.3 Å². The summed E-state index contributed by atoms with van der Waals surface area (Å²) in [6.07, 6.45) is 0.877. The minimum absolute atomic E-state index is 0.000104. The molecule has 5 rings (SSSR count). The largest absolute Gasteiger partial charge is 0.356 e. The van der Waals surface area contributed by atoms with Gasteiger partial charge < -0.3 is 14.8 Å². The van der Waals surface area contributed by atoms with Gasteiger partial charge in [0.05, 0.1) is 12.2 Å². The van der Waals surface area contributed by atoms with Gasteiger partial charge in [0.25, 0.3) is 5.91 Å². The van der Waals surface area contributed by atoms with Gasteiger partial charge in [0.2, 0.25) is 5.91 Å². The topological polar surface area (TPSA) is 56.4 Å². The Labute approximate surface area is 193 Å². The second kappa shape index (κ2) is 7.66. The van der Waals surface area contributed by atoms with Crippen molar-refractivity contribution in [2.75, 3.05) is 19.6 Å². The summed E-state index contributed by atoms with van der Waals surface area (Å²) in [5.74, 6) is 0.428. The molecule has 0 spiro atoms. The van der Waals surface area contributed by atoms with Gasteiger partial charge in [0.1, 0.15) is 0 Å². The normalized spacial score (nSPS) is 23.1. The number of carbonyl (C=O) groups excluding carboxylic acids is 2. The molecule has 1 saturated heterocycles. The van der Waals surface area contributed by atoms with Crippen LogP contribution in [0.2, 0.25) is 5.02 Å². The Morgan fingerprint density at radius 2 is 1.84 bits per heavy atom. The number of para-hydroxylation sites is 1. The first kappa shape index (κ1) is 21.1. The molecule has 32 heavy (non-hydrogen) atoms. The Hall–Kier alpha value is -2.79. The van der Waals surface area contributed by atoms with Crippen LogP contribution in [-0.2, 0) is 15.1 Å². The van der Waals surface area contributed by atoms with Gasteiger partial charge in [-0.1, -0.05) is 55.8 Å². The van der Waals surface area contributed by atoms with Crippen molar-refractivity contribution in [2.45, 2.75) is 38.6 Å². The third kappa shape index (κ3) is 3.14. The lowest BCUT2D eigenvalue weighted by atomic mass is 9.76. The number of benzene rings is 2. The van der Waals surface area contributed by atoms with Gasteiger partial charge in [-0.3, -0.25) is 9.59 Å². The summed E-state index contributed by atoms with van der Waals surface area (Å²) in [6, 6.07) is 16.0. The Kier molecular flexibility index (Phi) is 5.05. The Balaban J connectivity index is 1.69. The number of nitrogens with zero attached hydrogens (tertiary/aromatic N) is 2. The molecule has 2 aliphatic rings. The summed E-state index contributed by atoms with van der Waals surface area (Å²) >= 11 is 6.15. The number of amides is 2. The first-order chi connectivity index (χ1) is 15.3. The lowest BCUT2D eigenvalue weighted by Crippen LogP contribution is -2.67. The van der Waals surface area contributed by atoms with Crippen molar-refractivity contribution in [1.82, 2.24) is 14.8 Å². The van der Waals surface area contributed by atoms with Gasteiger partial charge >= 0.3 is 0 Å². The standard InChI is InChI=1S/C26H28ClN3O2/c1-16(2)12-13-29-15-22(31)30-14-20(17-8-10-18(27)11-9-17)23-19-6-4-5-7-21(19)28-24(23)26(30,3)25(29)32/h4-11,16,20,28H,12-15H2,1-3H3/t20-,26+/m1/s1. The van der Waals surface area contributed by atoms with Crippen LogP contribution in [0.15, 0.2) is 48.5 Å². The van der Waals surface area contributed by atoms with Crippen molar-refractivity contribution in [3.8, 4) is 0 Å². The van der Waals surface area contributed by atoms with E-state index in [1.54, 1.807) is 9.80 Å². The SMILES string of the molecule is CC(C)CCN1CC(=O)N2C[C@H](c3ccc(Cl)cc3)c3c([nH]c4ccccc34)[C@@]2(C)C1=O. The number of piperazine rings is 1. The highest BCUT2D eigenvalue weighted by Gasteiger charge is 2.56. The fraction of sp³-hybridized carbons (Fsp3) is 0.385. The molecule has 2 amide bonds. The van der Waals surface area contributed by atoms with E-state index in [9.17, 15) is 9.59 Å². The van der Waals surface area contributed by atoms with Gasteiger partial charge in [0.15, 0.2) is 5.54 Å². The van der Waals surface area contributed by atoms with E-state index in [4.69, 9.17) is 11.6 Å². The second-order valence-corrected chi connectivity index (χ2v) is 9.99. The minimum atomic E-state index is -1.04. The van der Waals surface area contributed by atoms with Crippen molar-refractivity contribution in [3.05, 3.63) is 70.4 Å². The maximum atomic E-state index is 13.9. The molecular weight excluding hydrogens is 422 g/mol. The third-order valence-electron chi connectivity index (χ3n) is 7.07. The van der Waals surface area contributed by atoms with Gasteiger partial charge in [0, 0.05) is 34.9 Å². The first-order valence-electron chi connectivity index (χ1n) is 11.3. The van der Waals surface area contributed by atoms with Crippen LogP contribution < -0.4 is 0 Å². The van der Waals surface area contributed by atoms with Gasteiger partial charge in [-0.25, -0.2) is 0 Å². The molecule has 0 bridgehead atoms. The third-order valence-corrected chi connectivity index (χ3v) is 7.32. The average molecular weight is 450 g/mol. The molecule has 0 aliphatic carbocycles. The van der Waals surface area contributed by atoms with E-state index in [1.807, 2.05) is 49.4 Å². The number of rotatable bonds is 4. The number of nitrogens with one attached hydrogen (secondary N) is 1. The Morgan fingerprint density at radius 1 is 1.12 bits per heavy atom. The molecule has 1 aromatic heterocycles. The molecular formula is C26H28ClN3O2. The fourth-order valence-corrected chi connectivity index (χ4v) is 5.39. The van der Waals surface area contributed by atoms with Crippen LogP contribution in [0.4, 0.5) is 0 Å². The minimum Gasteiger partial charge on any atom is -0.356 e. The smallest absolute Gasteiger partial charge is 0.254 e. The molecule has 2 aliphatic heterocycles. The molecule has 6 heteroatoms. The summed E-state index contributed by atoms with van der Waals surface area (Å²) in [4.78, 5) is 34.3. The zero-order valence-corrected chi connectivity index (χ0v) is 19.4. The highest BCUT2D eigenvalue weighted by molar-refractivity contribution is 6.30. The van der Waals surface area contributed by atoms with Gasteiger partial charge in [-0.15, -0.1) is 0 Å². The molecule has 0 unspecified atom stereocenters. The fourth-order valence-electron chi connectivity index (χ4n) is 5.26. The van der Waals surface area contributed by atoms with E-state index >= 15 is 0 Å². The number of halogens is 1. The van der Waals surface area contributed by atoms with E-state index in [2.05, 4.69) is 24.9 Å². The molecule has 0 saturated carbocycles. The van der Waals surface area contributed by atoms with E-state index < -0.39 is 5.54 Å². The van der Waals surface area contributed by atoms with Crippen molar-refractivity contribution in [1.29, 1.82) is 0 Å². The molecule has 166 valence electrons. The van der Waals surface area contributed by atoms with E-state index in [0.29, 0.717) is 24.0 Å². The molecule has 2 aromatic carbocycles. The lowest BCUT2D eigenvalue weighted by Gasteiger charge is -2.51. The number of hydrogen-bond acceptors (Lipinski definition) is 2. The van der Waals surface area contributed by atoms with Crippen molar-refractivity contribution < 1.29 is 9.59 Å². The summed E-state index contributed by atoms with van der Waals surface area (Å²) < 4.78 is 0. The highest BCUT2D eigenvalue weighted by Crippen LogP contribution is 2.48. The van der Waals surface area contributed by atoms with Crippen molar-refractivity contribution in [3.63, 3.8) is 0 Å². The van der Waals surface area contributed by atoms with Crippen LogP contribution >= 0.6 is 11.6 Å². The molecule has 1 fully saturated rings. The molecule has 5 nitrogen and oxygen atoms in total. The van der Waals surface area contributed by atoms with Crippen molar-refractivity contribution in [2.24, 2.45) is 5.92 Å². The predicted octanol–water partition coefficient (Wildman–Crippen LogP) is 4.90. The number of carbonyl (C=O) groups is 2. The Bertz CT molecular complexity index is 1200. The first-order valence-corrected chi connectivity index (χ1v) is 11.6. The number of aromatic amines is 1. The lowest BCUT2D eigenvalue weighted by molar-refractivity contribution is -0.166. The van der Waals surface area contributed by atoms with E-state index in [1.165, 1.54) is 0 Å². The molecule has 3 heterocycles. The van der Waals surface area contributed by atoms with Gasteiger partial charge in [-0.2, -0.15) is 0 Å². The predicted molar refractivity (Wildman–Crippen MR) is 127 cm³/mol. The zero-order valence-electron chi connectivity index (χ0n) is 18.7. The van der Waals surface area contributed by atoms with Gasteiger partial charge in [-0.05, 0) is 48.6 Å². The maximum Gasteiger partial charge on any atom is 0.254 e. The molecule has 3 aromatic rings. The second-order valence-electron chi connectivity index (χ2n) is 9.55. The quantitative estimate of drug-likeness (QED) is 0.616. The van der Waals surface area contributed by atoms with Crippen LogP contribution in [-0.4, -0.2) is 46.2 Å². The zero-order chi connectivity index (χ0) is 22.6. The summed E-state index contributed by atoms with van der Waals surface area (Å²) in [5.41, 5.74) is 2.97. The van der Waals surface area contributed by atoms with E-state index in [0.717, 1.165) is 34.1 Å². The van der Waals surface area contributed by atoms with Crippen LogP contribution in [0.25, 0.3) is 10.9 Å². The number of hydrogen-bond donors (Lipinski definition) is 1. The number of fused-ring (bicyclic) bond motifs is 5. The molecule has 2 atom stereocenters. The highest BCUT2D eigenvalue weighted by atomic mass is 35.5. The van der Waals surface area contributed by atoms with Crippen LogP contribution in [0.3, 0.4) is 0 Å². The summed E-state index contributed by atoms with van der Waals surface area (Å²) in [7, 11) is 0. The molecule has 0 radical (unpaired) electrons. The Morgan fingerprint density at radius 3 is 2.56 bits per heavy atom. The molecule has 1 N–H and O–H groups in total. The number of aromatic nitrogens is 1. The van der Waals surface area contributed by atoms with Crippen LogP contribution in [0, 0.1) is 5.92 Å². The monoisotopic (exact) mass is 449 g/mol. The summed E-state index contributed by atoms with van der Waals surface area (Å²) in [6.45, 7) is 7.39. The van der Waals surface area contributed by atoms with E-state index in [-0.39, 0.29) is 24.3 Å².